The lowest BCUT2D eigenvalue weighted by Crippen LogP contribution is -2.47. The second kappa shape index (κ2) is 13.1. The summed E-state index contributed by atoms with van der Waals surface area (Å²) in [5.74, 6) is 0.0324. The molecule has 1 unspecified atom stereocenters. The highest BCUT2D eigenvalue weighted by Gasteiger charge is 2.63. The molecule has 5 atom stereocenters. The highest BCUT2D eigenvalue weighted by molar-refractivity contribution is 7.91. The Kier molecular flexibility index (Phi) is 8.67. The van der Waals surface area contributed by atoms with Gasteiger partial charge < -0.3 is 9.42 Å². The first kappa shape index (κ1) is 35.8. The molecule has 2 aliphatic heterocycles. The highest BCUT2D eigenvalue weighted by atomic mass is 32.2. The molecule has 54 heavy (non-hydrogen) atoms. The van der Waals surface area contributed by atoms with Crippen molar-refractivity contribution in [2.75, 3.05) is 6.54 Å². The SMILES string of the molecule is Cc1nc2ccccc2c2c1CC1(CC2)C[C@H]2C(=O)C[C@]3(C(=O)NS(=O)(=O)C4(C)CC4)C[C@H]3/C=C\CCCCC[C@H](Cc3nc(C4CC4)no3)C(=O)N2C1. The van der Waals surface area contributed by atoms with E-state index in [2.05, 4.69) is 40.0 Å². The van der Waals surface area contributed by atoms with Crippen LogP contribution in [0.4, 0.5) is 0 Å². The van der Waals surface area contributed by atoms with Crippen LogP contribution in [0.15, 0.2) is 40.9 Å². The third kappa shape index (κ3) is 6.39. The fourth-order valence-corrected chi connectivity index (χ4v) is 11.1. The van der Waals surface area contributed by atoms with Gasteiger partial charge in [0.15, 0.2) is 11.6 Å². The minimum absolute atomic E-state index is 0.0707. The van der Waals surface area contributed by atoms with Crippen LogP contribution in [-0.2, 0) is 43.7 Å². The van der Waals surface area contributed by atoms with E-state index in [0.29, 0.717) is 69.1 Å². The van der Waals surface area contributed by atoms with Crippen LogP contribution in [0.25, 0.3) is 10.9 Å². The molecule has 2 aromatic heterocycles. The number of allylic oxidation sites excluding steroid dienone is 2. The summed E-state index contributed by atoms with van der Waals surface area (Å²) < 4.78 is 33.7. The number of rotatable bonds is 6. The van der Waals surface area contributed by atoms with Gasteiger partial charge in [-0.3, -0.25) is 24.1 Å². The number of nitrogens with zero attached hydrogens (tertiary/aromatic N) is 4. The van der Waals surface area contributed by atoms with Crippen molar-refractivity contribution in [3.05, 3.63) is 65.0 Å². The van der Waals surface area contributed by atoms with Crippen LogP contribution >= 0.6 is 0 Å². The maximum Gasteiger partial charge on any atom is 0.240 e. The Morgan fingerprint density at radius 3 is 2.61 bits per heavy atom. The molecule has 1 aromatic carbocycles. The molecule has 1 N–H and O–H groups in total. The van der Waals surface area contributed by atoms with Gasteiger partial charge in [-0.2, -0.15) is 4.98 Å². The van der Waals surface area contributed by atoms with E-state index in [0.717, 1.165) is 68.0 Å². The topological polar surface area (TPSA) is 152 Å². The maximum atomic E-state index is 15.0. The number of ketones is 1. The molecule has 2 amide bonds. The average Bonchev–Trinajstić information content (AvgIpc) is 4.11. The van der Waals surface area contributed by atoms with E-state index >= 15 is 0 Å². The maximum absolute atomic E-state index is 15.0. The number of sulfonamides is 1. The monoisotopic (exact) mass is 753 g/mol. The first-order valence-corrected chi connectivity index (χ1v) is 21.6. The van der Waals surface area contributed by atoms with Gasteiger partial charge in [0.1, 0.15) is 0 Å². The highest BCUT2D eigenvalue weighted by Crippen LogP contribution is 2.58. The number of pyridine rings is 1. The summed E-state index contributed by atoms with van der Waals surface area (Å²) in [5, 5.41) is 5.39. The predicted molar refractivity (Wildman–Crippen MR) is 202 cm³/mol. The van der Waals surface area contributed by atoms with Crippen LogP contribution in [0, 0.1) is 29.6 Å². The number of benzene rings is 1. The van der Waals surface area contributed by atoms with Crippen molar-refractivity contribution in [3.8, 4) is 0 Å². The lowest BCUT2D eigenvalue weighted by molar-refractivity contribution is -0.142. The normalized spacial score (nSPS) is 31.6. The molecule has 4 aliphatic carbocycles. The van der Waals surface area contributed by atoms with Crippen molar-refractivity contribution >= 4 is 38.5 Å². The number of nitrogens with one attached hydrogen (secondary N) is 1. The molecule has 12 heteroatoms. The summed E-state index contributed by atoms with van der Waals surface area (Å²) >= 11 is 0. The third-order valence-electron chi connectivity index (χ3n) is 13.8. The standard InChI is InChI=1S/C42H51N5O6S/c1-26-32-22-41(17-16-30(32)31-12-8-9-13-33(31)43-26)23-34-35(48)24-42(39(50)46-54(51,52)40(2)18-19-40)21-29(42)11-7-5-3-4-6-10-28(38(49)47(34)25-41)20-36-44-37(45-53-36)27-14-15-27/h7-9,11-13,27-29,34H,3-6,10,14-25H2,1-2H3,(H,46,50)/b11-7-/t28-,29-,34+,41?,42-/m1/s1. The van der Waals surface area contributed by atoms with Gasteiger partial charge in [-0.25, -0.2) is 8.42 Å². The van der Waals surface area contributed by atoms with Crippen molar-refractivity contribution in [3.63, 3.8) is 0 Å². The van der Waals surface area contributed by atoms with Gasteiger partial charge >= 0.3 is 0 Å². The van der Waals surface area contributed by atoms with Crippen molar-refractivity contribution in [2.45, 2.75) is 133 Å². The fraction of sp³-hybridized carbons (Fsp3) is 0.619. The van der Waals surface area contributed by atoms with E-state index < -0.39 is 38.1 Å². The van der Waals surface area contributed by atoms with E-state index in [1.54, 1.807) is 6.92 Å². The van der Waals surface area contributed by atoms with Crippen LogP contribution in [0.2, 0.25) is 0 Å². The predicted octanol–water partition coefficient (Wildman–Crippen LogP) is 6.22. The Balaban J connectivity index is 1.06. The number of hydrogen-bond donors (Lipinski definition) is 1. The lowest BCUT2D eigenvalue weighted by atomic mass is 9.69. The summed E-state index contributed by atoms with van der Waals surface area (Å²) in [7, 11) is -3.89. The molecular weight excluding hydrogens is 703 g/mol. The molecule has 3 aromatic rings. The van der Waals surface area contributed by atoms with Crippen LogP contribution in [-0.4, -0.2) is 63.4 Å². The Bertz CT molecular complexity index is 2170. The zero-order chi connectivity index (χ0) is 37.5. The Morgan fingerprint density at radius 2 is 1.81 bits per heavy atom. The molecule has 286 valence electrons. The molecule has 1 spiro atoms. The minimum atomic E-state index is -3.89. The van der Waals surface area contributed by atoms with Gasteiger partial charge in [0.2, 0.25) is 27.7 Å². The number of carbonyl (C=O) groups excluding carboxylic acids is 3. The number of aryl methyl sites for hydroxylation is 2. The van der Waals surface area contributed by atoms with Crippen molar-refractivity contribution < 1.29 is 27.3 Å². The molecule has 4 heterocycles. The molecule has 3 saturated carbocycles. The van der Waals surface area contributed by atoms with Gasteiger partial charge in [-0.15, -0.1) is 0 Å². The zero-order valence-corrected chi connectivity index (χ0v) is 32.3. The summed E-state index contributed by atoms with van der Waals surface area (Å²) in [5.41, 5.74) is 2.99. The van der Waals surface area contributed by atoms with Gasteiger partial charge in [-0.05, 0) is 119 Å². The molecule has 1 saturated heterocycles. The molecule has 0 bridgehead atoms. The Morgan fingerprint density at radius 1 is 1.00 bits per heavy atom. The molecule has 0 radical (unpaired) electrons. The number of aromatic nitrogens is 3. The number of Topliss-reactive ketones (excluding diaryl/α,β-unsaturated/α-hetero) is 1. The van der Waals surface area contributed by atoms with E-state index in [1.807, 2.05) is 23.1 Å². The number of carbonyl (C=O) groups is 3. The number of para-hydroxylation sites is 1. The Labute approximate surface area is 317 Å². The second-order valence-electron chi connectivity index (χ2n) is 17.8. The van der Waals surface area contributed by atoms with E-state index in [-0.39, 0.29) is 29.4 Å². The molecular formula is C42H51N5O6S. The largest absolute Gasteiger partial charge is 0.339 e. The van der Waals surface area contributed by atoms with Gasteiger partial charge in [0.25, 0.3) is 0 Å². The first-order chi connectivity index (χ1) is 25.9. The molecule has 4 fully saturated rings. The van der Waals surface area contributed by atoms with Gasteiger partial charge in [-0.1, -0.05) is 48.3 Å². The fourth-order valence-electron chi connectivity index (χ4n) is 9.77. The first-order valence-electron chi connectivity index (χ1n) is 20.2. The Hall–Kier alpha value is -3.93. The van der Waals surface area contributed by atoms with Gasteiger partial charge in [0, 0.05) is 42.3 Å². The minimum Gasteiger partial charge on any atom is -0.339 e. The third-order valence-corrected chi connectivity index (χ3v) is 16.0. The van der Waals surface area contributed by atoms with E-state index in [9.17, 15) is 22.8 Å². The van der Waals surface area contributed by atoms with Crippen LogP contribution in [0.1, 0.15) is 125 Å². The number of fused-ring (bicyclic) bond motifs is 5. The quantitative estimate of drug-likeness (QED) is 0.289. The van der Waals surface area contributed by atoms with Gasteiger partial charge in [0.05, 0.1) is 21.7 Å². The summed E-state index contributed by atoms with van der Waals surface area (Å²) in [4.78, 5) is 55.4. The number of hydrogen-bond acceptors (Lipinski definition) is 9. The summed E-state index contributed by atoms with van der Waals surface area (Å²) in [6, 6.07) is 7.52. The van der Waals surface area contributed by atoms with Crippen molar-refractivity contribution in [1.29, 1.82) is 0 Å². The molecule has 9 rings (SSSR count). The summed E-state index contributed by atoms with van der Waals surface area (Å²) in [6.45, 7) is 4.16. The van der Waals surface area contributed by atoms with Crippen molar-refractivity contribution in [1.82, 2.24) is 24.7 Å². The zero-order valence-electron chi connectivity index (χ0n) is 31.4. The summed E-state index contributed by atoms with van der Waals surface area (Å²) in [6.07, 6.45) is 14.9. The van der Waals surface area contributed by atoms with Crippen LogP contribution in [0.3, 0.4) is 0 Å². The molecule has 6 aliphatic rings. The lowest BCUT2D eigenvalue weighted by Gasteiger charge is -2.36. The van der Waals surface area contributed by atoms with Crippen LogP contribution < -0.4 is 4.72 Å². The van der Waals surface area contributed by atoms with E-state index in [1.165, 1.54) is 11.1 Å². The van der Waals surface area contributed by atoms with Crippen LogP contribution in [0.5, 0.6) is 0 Å². The van der Waals surface area contributed by atoms with E-state index in [4.69, 9.17) is 9.51 Å². The van der Waals surface area contributed by atoms with Crippen molar-refractivity contribution in [2.24, 2.45) is 22.7 Å². The average molecular weight is 754 g/mol. The molecule has 11 nitrogen and oxygen atoms in total. The number of amides is 2. The second-order valence-corrected chi connectivity index (χ2v) is 20.0. The smallest absolute Gasteiger partial charge is 0.240 e.